The van der Waals surface area contributed by atoms with Gasteiger partial charge in [-0.15, -0.1) is 0 Å². The van der Waals surface area contributed by atoms with Crippen LogP contribution in [0.2, 0.25) is 0 Å². The van der Waals surface area contributed by atoms with Crippen LogP contribution in [0.1, 0.15) is 19.8 Å². The number of carboxylic acid groups (broad SMARTS) is 3. The van der Waals surface area contributed by atoms with Crippen LogP contribution in [0.25, 0.3) is 0 Å². The second-order valence-corrected chi connectivity index (χ2v) is 4.16. The molecule has 0 aromatic heterocycles. The van der Waals surface area contributed by atoms with Gasteiger partial charge in [-0.25, -0.2) is 0 Å². The lowest BCUT2D eigenvalue weighted by Gasteiger charge is -2.16. The Morgan fingerprint density at radius 1 is 0.850 bits per heavy atom. The van der Waals surface area contributed by atoms with Crippen molar-refractivity contribution in [1.29, 1.82) is 0 Å². The van der Waals surface area contributed by atoms with E-state index in [2.05, 4.69) is 10.6 Å². The van der Waals surface area contributed by atoms with Gasteiger partial charge in [0.05, 0.1) is 18.9 Å². The zero-order chi connectivity index (χ0) is 15.7. The van der Waals surface area contributed by atoms with E-state index in [0.717, 1.165) is 0 Å². The molecule has 0 aromatic carbocycles. The monoisotopic (exact) mass is 290 g/mol. The number of carbonyl (C=O) groups is 4. The van der Waals surface area contributed by atoms with Crippen molar-refractivity contribution >= 4 is 23.7 Å². The number of aliphatic carboxylic acids is 3. The molecule has 0 radical (unpaired) electrons. The van der Waals surface area contributed by atoms with Gasteiger partial charge in [0.1, 0.15) is 11.8 Å². The van der Waals surface area contributed by atoms with Gasteiger partial charge in [-0.3, -0.25) is 19.2 Å². The van der Waals surface area contributed by atoms with E-state index in [4.69, 9.17) is 15.3 Å². The first-order valence-electron chi connectivity index (χ1n) is 5.87. The SMILES string of the molecule is CC(=O)C(CC(=O)O)NCCNC(CC(=O)O)C(=O)O. The van der Waals surface area contributed by atoms with Gasteiger partial charge in [0.15, 0.2) is 0 Å². The van der Waals surface area contributed by atoms with Crippen LogP contribution in [0.4, 0.5) is 0 Å². The number of carboxylic acids is 3. The maximum atomic E-state index is 11.1. The van der Waals surface area contributed by atoms with E-state index >= 15 is 0 Å². The highest BCUT2D eigenvalue weighted by atomic mass is 16.4. The van der Waals surface area contributed by atoms with E-state index < -0.39 is 36.4 Å². The molecule has 0 aromatic rings. The van der Waals surface area contributed by atoms with Gasteiger partial charge < -0.3 is 26.0 Å². The average molecular weight is 290 g/mol. The summed E-state index contributed by atoms with van der Waals surface area (Å²) in [6.45, 7) is 1.48. The summed E-state index contributed by atoms with van der Waals surface area (Å²) in [5, 5.41) is 31.0. The van der Waals surface area contributed by atoms with E-state index in [9.17, 15) is 19.2 Å². The van der Waals surface area contributed by atoms with Gasteiger partial charge >= 0.3 is 17.9 Å². The molecule has 0 spiro atoms. The molecular weight excluding hydrogens is 272 g/mol. The van der Waals surface area contributed by atoms with Crippen LogP contribution < -0.4 is 10.6 Å². The van der Waals surface area contributed by atoms with E-state index in [1.807, 2.05) is 0 Å². The Labute approximate surface area is 115 Å². The number of rotatable bonds is 11. The van der Waals surface area contributed by atoms with Crippen LogP contribution in [-0.2, 0) is 19.2 Å². The minimum Gasteiger partial charge on any atom is -0.481 e. The standard InChI is InChI=1S/C11H18N2O7/c1-6(14)7(4-9(15)16)12-2-3-13-8(11(19)20)5-10(17)18/h7-8,12-13H,2-5H2,1H3,(H,15,16)(H,17,18)(H,19,20). The molecule has 2 unspecified atom stereocenters. The predicted molar refractivity (Wildman–Crippen MR) is 66.4 cm³/mol. The molecule has 0 bridgehead atoms. The summed E-state index contributed by atoms with van der Waals surface area (Å²) in [5.41, 5.74) is 0. The van der Waals surface area contributed by atoms with E-state index in [1.54, 1.807) is 0 Å². The lowest BCUT2D eigenvalue weighted by atomic mass is 10.1. The summed E-state index contributed by atoms with van der Waals surface area (Å²) < 4.78 is 0. The van der Waals surface area contributed by atoms with Crippen molar-refractivity contribution in [3.05, 3.63) is 0 Å². The third-order valence-electron chi connectivity index (χ3n) is 2.45. The Hall–Kier alpha value is -2.00. The molecule has 0 fully saturated rings. The van der Waals surface area contributed by atoms with Gasteiger partial charge in [-0.05, 0) is 6.92 Å². The topological polar surface area (TPSA) is 153 Å². The van der Waals surface area contributed by atoms with E-state index in [-0.39, 0.29) is 25.3 Å². The first-order chi connectivity index (χ1) is 9.23. The van der Waals surface area contributed by atoms with Crippen LogP contribution in [-0.4, -0.2) is 64.2 Å². The maximum absolute atomic E-state index is 11.1. The first-order valence-corrected chi connectivity index (χ1v) is 5.87. The fourth-order valence-corrected chi connectivity index (χ4v) is 1.45. The van der Waals surface area contributed by atoms with Gasteiger partial charge in [0.2, 0.25) is 0 Å². The van der Waals surface area contributed by atoms with Crippen molar-refractivity contribution in [2.24, 2.45) is 0 Å². The van der Waals surface area contributed by atoms with Crippen LogP contribution in [0.15, 0.2) is 0 Å². The molecule has 114 valence electrons. The normalized spacial score (nSPS) is 13.4. The summed E-state index contributed by atoms with van der Waals surface area (Å²) in [6, 6.07) is -2.08. The summed E-state index contributed by atoms with van der Waals surface area (Å²) in [5.74, 6) is -4.00. The Bertz CT molecular complexity index is 347. The third-order valence-corrected chi connectivity index (χ3v) is 2.45. The molecule has 20 heavy (non-hydrogen) atoms. The fraction of sp³-hybridized carbons (Fsp3) is 0.636. The zero-order valence-electron chi connectivity index (χ0n) is 11.0. The molecule has 0 saturated heterocycles. The molecular formula is C11H18N2O7. The molecule has 0 heterocycles. The highest BCUT2D eigenvalue weighted by Gasteiger charge is 2.21. The molecule has 0 aliphatic carbocycles. The maximum Gasteiger partial charge on any atom is 0.321 e. The van der Waals surface area contributed by atoms with Gasteiger partial charge in [0, 0.05) is 13.1 Å². The third kappa shape index (κ3) is 8.16. The summed E-state index contributed by atoms with van der Waals surface area (Å²) in [6.07, 6.45) is -0.937. The van der Waals surface area contributed by atoms with Crippen molar-refractivity contribution in [1.82, 2.24) is 10.6 Å². The van der Waals surface area contributed by atoms with Gasteiger partial charge in [0.25, 0.3) is 0 Å². The quantitative estimate of drug-likeness (QED) is 0.287. The average Bonchev–Trinajstić information content (AvgIpc) is 2.29. The number of nitrogens with one attached hydrogen (secondary N) is 2. The molecule has 0 amide bonds. The molecule has 0 saturated carbocycles. The second-order valence-electron chi connectivity index (χ2n) is 4.16. The summed E-state index contributed by atoms with van der Waals surface area (Å²) in [7, 11) is 0. The van der Waals surface area contributed by atoms with E-state index in [0.29, 0.717) is 0 Å². The largest absolute Gasteiger partial charge is 0.481 e. The lowest BCUT2D eigenvalue weighted by molar-refractivity contribution is -0.145. The minimum atomic E-state index is -1.29. The van der Waals surface area contributed by atoms with Crippen molar-refractivity contribution < 1.29 is 34.5 Å². The highest BCUT2D eigenvalue weighted by molar-refractivity contribution is 5.85. The molecule has 0 aliphatic rings. The van der Waals surface area contributed by atoms with Crippen molar-refractivity contribution in [3.63, 3.8) is 0 Å². The predicted octanol–water partition coefficient (Wildman–Crippen LogP) is -1.47. The Morgan fingerprint density at radius 3 is 1.60 bits per heavy atom. The lowest BCUT2D eigenvalue weighted by Crippen LogP contribution is -2.45. The number of ketones is 1. The Morgan fingerprint density at radius 2 is 1.25 bits per heavy atom. The first kappa shape index (κ1) is 18.0. The van der Waals surface area contributed by atoms with Crippen LogP contribution >= 0.6 is 0 Å². The summed E-state index contributed by atoms with van der Waals surface area (Å²) >= 11 is 0. The minimum absolute atomic E-state index is 0.0909. The number of carbonyl (C=O) groups excluding carboxylic acids is 1. The molecule has 9 nitrogen and oxygen atoms in total. The van der Waals surface area contributed by atoms with Crippen LogP contribution in [0, 0.1) is 0 Å². The Kier molecular flexibility index (Phi) is 8.09. The number of hydrogen-bond acceptors (Lipinski definition) is 6. The molecule has 2 atom stereocenters. The molecule has 9 heteroatoms. The van der Waals surface area contributed by atoms with E-state index in [1.165, 1.54) is 6.92 Å². The van der Waals surface area contributed by atoms with Crippen LogP contribution in [0.3, 0.4) is 0 Å². The van der Waals surface area contributed by atoms with Crippen molar-refractivity contribution in [3.8, 4) is 0 Å². The number of hydrogen-bond donors (Lipinski definition) is 5. The smallest absolute Gasteiger partial charge is 0.321 e. The molecule has 0 rings (SSSR count). The second kappa shape index (κ2) is 8.99. The molecule has 5 N–H and O–H groups in total. The zero-order valence-corrected chi connectivity index (χ0v) is 11.0. The van der Waals surface area contributed by atoms with Crippen molar-refractivity contribution in [2.45, 2.75) is 31.8 Å². The number of Topliss-reactive ketones (excluding diaryl/α,β-unsaturated/α-hetero) is 1. The van der Waals surface area contributed by atoms with Gasteiger partial charge in [-0.1, -0.05) is 0 Å². The van der Waals surface area contributed by atoms with Crippen molar-refractivity contribution in [2.75, 3.05) is 13.1 Å². The van der Waals surface area contributed by atoms with Crippen LogP contribution in [0.5, 0.6) is 0 Å². The van der Waals surface area contributed by atoms with Gasteiger partial charge in [-0.2, -0.15) is 0 Å². The Balaban J connectivity index is 4.13. The fourth-order valence-electron chi connectivity index (χ4n) is 1.45. The summed E-state index contributed by atoms with van der Waals surface area (Å²) in [4.78, 5) is 42.8. The highest BCUT2D eigenvalue weighted by Crippen LogP contribution is 1.95. The molecule has 0 aliphatic heterocycles.